The van der Waals surface area contributed by atoms with Crippen LogP contribution in [0.15, 0.2) is 36.4 Å². The van der Waals surface area contributed by atoms with Gasteiger partial charge in [-0.1, -0.05) is 6.07 Å². The zero-order chi connectivity index (χ0) is 15.2. The number of halogens is 2. The number of rotatable bonds is 6. The van der Waals surface area contributed by atoms with Crippen LogP contribution in [0.2, 0.25) is 0 Å². The van der Waals surface area contributed by atoms with Gasteiger partial charge in [-0.05, 0) is 30.8 Å². The maximum atomic E-state index is 13.1. The maximum absolute atomic E-state index is 13.1. The van der Waals surface area contributed by atoms with Crippen molar-refractivity contribution in [2.45, 2.75) is 13.2 Å². The fourth-order valence-electron chi connectivity index (χ4n) is 1.99. The van der Waals surface area contributed by atoms with Gasteiger partial charge in [-0.3, -0.25) is 0 Å². The van der Waals surface area contributed by atoms with Crippen LogP contribution in [0, 0.1) is 11.6 Å². The minimum absolute atomic E-state index is 0.0819. The highest BCUT2D eigenvalue weighted by molar-refractivity contribution is 5.41. The van der Waals surface area contributed by atoms with Crippen molar-refractivity contribution in [3.8, 4) is 11.5 Å². The van der Waals surface area contributed by atoms with Crippen LogP contribution >= 0.6 is 0 Å². The Balaban J connectivity index is 2.17. The lowest BCUT2D eigenvalue weighted by atomic mass is 10.2. The second-order valence-corrected chi connectivity index (χ2v) is 4.57. The van der Waals surface area contributed by atoms with E-state index in [2.05, 4.69) is 5.32 Å². The van der Waals surface area contributed by atoms with Crippen LogP contribution in [0.5, 0.6) is 11.5 Å². The van der Waals surface area contributed by atoms with Gasteiger partial charge in [-0.2, -0.15) is 0 Å². The van der Waals surface area contributed by atoms with E-state index in [0.717, 1.165) is 11.6 Å². The molecule has 0 bridgehead atoms. The second kappa shape index (κ2) is 7.04. The molecular formula is C16H17F2NO2. The molecule has 0 aromatic heterocycles. The lowest BCUT2D eigenvalue weighted by molar-refractivity contribution is 0.298. The van der Waals surface area contributed by atoms with E-state index in [-0.39, 0.29) is 6.61 Å². The standard InChI is InChI=1S/C16H17F2NO2/c1-19-9-12-3-4-15(20-2)8-16(12)21-10-11-5-13(17)7-14(18)6-11/h3-8,19H,9-10H2,1-2H3. The van der Waals surface area contributed by atoms with E-state index in [4.69, 9.17) is 9.47 Å². The van der Waals surface area contributed by atoms with E-state index in [1.165, 1.54) is 12.1 Å². The first kappa shape index (κ1) is 15.3. The molecule has 0 aliphatic rings. The first-order valence-corrected chi connectivity index (χ1v) is 6.51. The van der Waals surface area contributed by atoms with Crippen LogP contribution in [-0.2, 0) is 13.2 Å². The SMILES string of the molecule is CNCc1ccc(OC)cc1OCc1cc(F)cc(F)c1. The first-order chi connectivity index (χ1) is 10.1. The van der Waals surface area contributed by atoms with Crippen molar-refractivity contribution in [3.05, 3.63) is 59.2 Å². The molecule has 112 valence electrons. The molecular weight excluding hydrogens is 276 g/mol. The molecule has 0 amide bonds. The Kier molecular flexibility index (Phi) is 5.11. The van der Waals surface area contributed by atoms with Crippen LogP contribution in [0.25, 0.3) is 0 Å². The minimum Gasteiger partial charge on any atom is -0.497 e. The Hall–Kier alpha value is -2.14. The summed E-state index contributed by atoms with van der Waals surface area (Å²) in [6, 6.07) is 8.81. The molecule has 0 spiro atoms. The molecule has 0 aliphatic heterocycles. The predicted molar refractivity (Wildman–Crippen MR) is 76.4 cm³/mol. The average molecular weight is 293 g/mol. The number of ether oxygens (including phenoxy) is 2. The fourth-order valence-corrected chi connectivity index (χ4v) is 1.99. The average Bonchev–Trinajstić information content (AvgIpc) is 2.45. The third kappa shape index (κ3) is 4.16. The maximum Gasteiger partial charge on any atom is 0.127 e. The highest BCUT2D eigenvalue weighted by Gasteiger charge is 2.07. The van der Waals surface area contributed by atoms with Gasteiger partial charge < -0.3 is 14.8 Å². The summed E-state index contributed by atoms with van der Waals surface area (Å²) >= 11 is 0. The lowest BCUT2D eigenvalue weighted by Crippen LogP contribution is -2.08. The van der Waals surface area contributed by atoms with E-state index < -0.39 is 11.6 Å². The van der Waals surface area contributed by atoms with Crippen molar-refractivity contribution in [1.82, 2.24) is 5.32 Å². The number of benzene rings is 2. The molecule has 2 aromatic rings. The van der Waals surface area contributed by atoms with Crippen molar-refractivity contribution < 1.29 is 18.3 Å². The van der Waals surface area contributed by atoms with E-state index in [1.807, 2.05) is 19.2 Å². The molecule has 5 heteroatoms. The Bertz CT molecular complexity index is 597. The van der Waals surface area contributed by atoms with E-state index in [0.29, 0.717) is 23.6 Å². The van der Waals surface area contributed by atoms with Gasteiger partial charge in [0.05, 0.1) is 7.11 Å². The Morgan fingerprint density at radius 1 is 1.05 bits per heavy atom. The molecule has 0 heterocycles. The smallest absolute Gasteiger partial charge is 0.127 e. The zero-order valence-electron chi connectivity index (χ0n) is 12.0. The van der Waals surface area contributed by atoms with Crippen molar-refractivity contribution >= 4 is 0 Å². The summed E-state index contributed by atoms with van der Waals surface area (Å²) in [6.45, 7) is 0.704. The fraction of sp³-hybridized carbons (Fsp3) is 0.250. The highest BCUT2D eigenvalue weighted by atomic mass is 19.1. The predicted octanol–water partition coefficient (Wildman–Crippen LogP) is 3.27. The molecule has 0 radical (unpaired) electrons. The van der Waals surface area contributed by atoms with Crippen LogP contribution in [0.1, 0.15) is 11.1 Å². The minimum atomic E-state index is -0.616. The summed E-state index contributed by atoms with van der Waals surface area (Å²) in [5.41, 5.74) is 1.38. The molecule has 0 unspecified atom stereocenters. The molecule has 0 fully saturated rings. The van der Waals surface area contributed by atoms with Crippen LogP contribution in [0.4, 0.5) is 8.78 Å². The summed E-state index contributed by atoms with van der Waals surface area (Å²) in [5, 5.41) is 3.04. The number of nitrogens with one attached hydrogen (secondary N) is 1. The summed E-state index contributed by atoms with van der Waals surface area (Å²) in [6.07, 6.45) is 0. The summed E-state index contributed by atoms with van der Waals surface area (Å²) in [4.78, 5) is 0. The number of hydrogen-bond acceptors (Lipinski definition) is 3. The van der Waals surface area contributed by atoms with Crippen LogP contribution in [-0.4, -0.2) is 14.2 Å². The van der Waals surface area contributed by atoms with Gasteiger partial charge in [0.1, 0.15) is 29.7 Å². The van der Waals surface area contributed by atoms with Gasteiger partial charge in [0.25, 0.3) is 0 Å². The Labute approximate surface area is 122 Å². The van der Waals surface area contributed by atoms with E-state index >= 15 is 0 Å². The zero-order valence-corrected chi connectivity index (χ0v) is 12.0. The van der Waals surface area contributed by atoms with Gasteiger partial charge >= 0.3 is 0 Å². The van der Waals surface area contributed by atoms with Gasteiger partial charge in [0.2, 0.25) is 0 Å². The topological polar surface area (TPSA) is 30.5 Å². The van der Waals surface area contributed by atoms with Crippen LogP contribution < -0.4 is 14.8 Å². The van der Waals surface area contributed by atoms with Crippen molar-refractivity contribution in [1.29, 1.82) is 0 Å². The Morgan fingerprint density at radius 2 is 1.76 bits per heavy atom. The molecule has 3 nitrogen and oxygen atoms in total. The molecule has 0 atom stereocenters. The van der Waals surface area contributed by atoms with Crippen molar-refractivity contribution in [2.75, 3.05) is 14.2 Å². The third-order valence-electron chi connectivity index (χ3n) is 2.96. The summed E-state index contributed by atoms with van der Waals surface area (Å²) in [5.74, 6) is 0.0491. The third-order valence-corrected chi connectivity index (χ3v) is 2.96. The van der Waals surface area contributed by atoms with Crippen molar-refractivity contribution in [2.24, 2.45) is 0 Å². The molecule has 1 N–H and O–H groups in total. The lowest BCUT2D eigenvalue weighted by Gasteiger charge is -2.13. The molecule has 2 rings (SSSR count). The summed E-state index contributed by atoms with van der Waals surface area (Å²) in [7, 11) is 3.40. The van der Waals surface area contributed by atoms with Crippen LogP contribution in [0.3, 0.4) is 0 Å². The molecule has 2 aromatic carbocycles. The number of methoxy groups -OCH3 is 1. The van der Waals surface area contributed by atoms with E-state index in [1.54, 1.807) is 13.2 Å². The molecule has 0 aliphatic carbocycles. The normalized spacial score (nSPS) is 10.5. The van der Waals surface area contributed by atoms with Gasteiger partial charge in [-0.25, -0.2) is 8.78 Å². The second-order valence-electron chi connectivity index (χ2n) is 4.57. The molecule has 0 saturated carbocycles. The Morgan fingerprint density at radius 3 is 2.38 bits per heavy atom. The molecule has 0 saturated heterocycles. The monoisotopic (exact) mass is 293 g/mol. The van der Waals surface area contributed by atoms with E-state index in [9.17, 15) is 8.78 Å². The summed E-state index contributed by atoms with van der Waals surface area (Å²) < 4.78 is 37.1. The van der Waals surface area contributed by atoms with Gasteiger partial charge in [-0.15, -0.1) is 0 Å². The quantitative estimate of drug-likeness (QED) is 0.886. The first-order valence-electron chi connectivity index (χ1n) is 6.51. The van der Waals surface area contributed by atoms with Gasteiger partial charge in [0, 0.05) is 24.2 Å². The number of hydrogen-bond donors (Lipinski definition) is 1. The largest absolute Gasteiger partial charge is 0.497 e. The van der Waals surface area contributed by atoms with Crippen molar-refractivity contribution in [3.63, 3.8) is 0 Å². The van der Waals surface area contributed by atoms with Gasteiger partial charge in [0.15, 0.2) is 0 Å². The highest BCUT2D eigenvalue weighted by Crippen LogP contribution is 2.26. The molecule has 21 heavy (non-hydrogen) atoms.